The Morgan fingerprint density at radius 1 is 1.40 bits per heavy atom. The predicted octanol–water partition coefficient (Wildman–Crippen LogP) is 1.71. The second kappa shape index (κ2) is 7.79. The van der Waals surface area contributed by atoms with Crippen LogP contribution in [-0.4, -0.2) is 42.1 Å². The van der Waals surface area contributed by atoms with Gasteiger partial charge in [0.2, 0.25) is 5.95 Å². The summed E-state index contributed by atoms with van der Waals surface area (Å²) in [5.41, 5.74) is 6.83. The third-order valence-corrected chi connectivity index (χ3v) is 3.29. The molecular weight excluding hydrogens is 254 g/mol. The number of aromatic nitrogens is 2. The number of amidine groups is 1. The van der Waals surface area contributed by atoms with Gasteiger partial charge in [0.1, 0.15) is 11.5 Å². The maximum Gasteiger partial charge on any atom is 0.226 e. The molecular formula is C14H25N5O. The highest BCUT2D eigenvalue weighted by Crippen LogP contribution is 2.17. The number of nitrogens with one attached hydrogen (secondary N) is 1. The standard InChI is InChI=1S/C14H25N5O/c1-5-11(6-2)19(7-8-20-4)14-17-10(3)9-12(18-14)13(15)16/h9,11H,5-8H2,1-4H3,(H3,15,16). The zero-order valence-electron chi connectivity index (χ0n) is 12.8. The van der Waals surface area contributed by atoms with Crippen LogP contribution in [0, 0.1) is 12.3 Å². The van der Waals surface area contributed by atoms with Gasteiger partial charge in [0.05, 0.1) is 6.61 Å². The molecule has 0 saturated heterocycles. The zero-order chi connectivity index (χ0) is 15.1. The molecule has 1 aromatic heterocycles. The second-order valence-corrected chi connectivity index (χ2v) is 4.76. The molecule has 0 radical (unpaired) electrons. The predicted molar refractivity (Wildman–Crippen MR) is 81.4 cm³/mol. The van der Waals surface area contributed by atoms with Crippen molar-refractivity contribution < 1.29 is 4.74 Å². The lowest BCUT2D eigenvalue weighted by Gasteiger charge is -2.30. The van der Waals surface area contributed by atoms with Crippen LogP contribution in [0.2, 0.25) is 0 Å². The van der Waals surface area contributed by atoms with E-state index in [1.165, 1.54) is 0 Å². The van der Waals surface area contributed by atoms with Gasteiger partial charge in [0.25, 0.3) is 0 Å². The van der Waals surface area contributed by atoms with E-state index in [1.54, 1.807) is 13.2 Å². The van der Waals surface area contributed by atoms with Crippen molar-refractivity contribution >= 4 is 11.8 Å². The molecule has 1 rings (SSSR count). The molecule has 0 saturated carbocycles. The molecule has 0 fully saturated rings. The fourth-order valence-corrected chi connectivity index (χ4v) is 2.18. The van der Waals surface area contributed by atoms with Crippen molar-refractivity contribution in [3.8, 4) is 0 Å². The molecule has 3 N–H and O–H groups in total. The maximum absolute atomic E-state index is 7.55. The Hall–Kier alpha value is -1.69. The number of methoxy groups -OCH3 is 1. The molecule has 0 amide bonds. The van der Waals surface area contributed by atoms with E-state index in [0.717, 1.165) is 25.1 Å². The van der Waals surface area contributed by atoms with E-state index < -0.39 is 0 Å². The molecule has 0 aliphatic heterocycles. The zero-order valence-corrected chi connectivity index (χ0v) is 12.8. The van der Waals surface area contributed by atoms with Gasteiger partial charge in [0, 0.05) is 25.4 Å². The van der Waals surface area contributed by atoms with Crippen LogP contribution in [0.5, 0.6) is 0 Å². The van der Waals surface area contributed by atoms with E-state index in [4.69, 9.17) is 15.9 Å². The molecule has 0 unspecified atom stereocenters. The lowest BCUT2D eigenvalue weighted by atomic mass is 10.1. The summed E-state index contributed by atoms with van der Waals surface area (Å²) in [7, 11) is 1.68. The first-order chi connectivity index (χ1) is 9.53. The Morgan fingerprint density at radius 2 is 2.05 bits per heavy atom. The smallest absolute Gasteiger partial charge is 0.226 e. The number of nitrogens with zero attached hydrogens (tertiary/aromatic N) is 3. The molecule has 112 valence electrons. The van der Waals surface area contributed by atoms with E-state index in [-0.39, 0.29) is 5.84 Å². The molecule has 6 nitrogen and oxygen atoms in total. The van der Waals surface area contributed by atoms with Crippen LogP contribution in [0.25, 0.3) is 0 Å². The van der Waals surface area contributed by atoms with E-state index in [2.05, 4.69) is 28.7 Å². The van der Waals surface area contributed by atoms with Gasteiger partial charge in [-0.3, -0.25) is 5.41 Å². The van der Waals surface area contributed by atoms with Gasteiger partial charge in [-0.1, -0.05) is 13.8 Å². The Morgan fingerprint density at radius 3 is 2.55 bits per heavy atom. The van der Waals surface area contributed by atoms with Crippen molar-refractivity contribution in [3.63, 3.8) is 0 Å². The van der Waals surface area contributed by atoms with Crippen LogP contribution >= 0.6 is 0 Å². The van der Waals surface area contributed by atoms with Crippen molar-refractivity contribution in [1.29, 1.82) is 5.41 Å². The minimum absolute atomic E-state index is 0.0343. The van der Waals surface area contributed by atoms with Crippen LogP contribution in [0.1, 0.15) is 38.1 Å². The Balaban J connectivity index is 3.14. The second-order valence-electron chi connectivity index (χ2n) is 4.76. The summed E-state index contributed by atoms with van der Waals surface area (Å²) in [6, 6.07) is 2.08. The quantitative estimate of drug-likeness (QED) is 0.558. The van der Waals surface area contributed by atoms with Gasteiger partial charge in [-0.15, -0.1) is 0 Å². The topological polar surface area (TPSA) is 88.1 Å². The molecule has 1 heterocycles. The van der Waals surface area contributed by atoms with Crippen molar-refractivity contribution in [2.75, 3.05) is 25.2 Å². The molecule has 0 aromatic carbocycles. The van der Waals surface area contributed by atoms with Gasteiger partial charge in [0.15, 0.2) is 0 Å². The van der Waals surface area contributed by atoms with Gasteiger partial charge in [-0.2, -0.15) is 0 Å². The monoisotopic (exact) mass is 279 g/mol. The van der Waals surface area contributed by atoms with E-state index in [1.807, 2.05) is 6.92 Å². The van der Waals surface area contributed by atoms with Crippen LogP contribution in [0.15, 0.2) is 6.07 Å². The first kappa shape index (κ1) is 16.4. The highest BCUT2D eigenvalue weighted by atomic mass is 16.5. The number of nitrogen functional groups attached to an aromatic ring is 1. The van der Waals surface area contributed by atoms with Crippen LogP contribution < -0.4 is 10.6 Å². The number of ether oxygens (including phenoxy) is 1. The first-order valence-electron chi connectivity index (χ1n) is 6.99. The van der Waals surface area contributed by atoms with Crippen molar-refractivity contribution in [3.05, 3.63) is 17.5 Å². The summed E-state index contributed by atoms with van der Waals surface area (Å²) >= 11 is 0. The number of nitrogens with two attached hydrogens (primary N) is 1. The molecule has 0 aliphatic rings. The molecule has 6 heteroatoms. The fraction of sp³-hybridized carbons (Fsp3) is 0.643. The molecule has 0 atom stereocenters. The SMILES string of the molecule is CCC(CC)N(CCOC)c1nc(C)cc(C(=N)N)n1. The van der Waals surface area contributed by atoms with Crippen LogP contribution in [0.4, 0.5) is 5.95 Å². The minimum Gasteiger partial charge on any atom is -0.383 e. The number of anilines is 1. The summed E-state index contributed by atoms with van der Waals surface area (Å²) in [4.78, 5) is 11.0. The first-order valence-corrected chi connectivity index (χ1v) is 6.99. The molecule has 20 heavy (non-hydrogen) atoms. The minimum atomic E-state index is -0.0343. The molecule has 0 spiro atoms. The summed E-state index contributed by atoms with van der Waals surface area (Å²) in [5, 5.41) is 7.55. The van der Waals surface area contributed by atoms with Gasteiger partial charge in [-0.05, 0) is 25.8 Å². The summed E-state index contributed by atoms with van der Waals surface area (Å²) in [6.45, 7) is 7.52. The maximum atomic E-state index is 7.55. The third-order valence-electron chi connectivity index (χ3n) is 3.29. The van der Waals surface area contributed by atoms with Crippen molar-refractivity contribution in [2.45, 2.75) is 39.7 Å². The Labute approximate surface area is 120 Å². The highest BCUT2D eigenvalue weighted by Gasteiger charge is 2.19. The van der Waals surface area contributed by atoms with E-state index in [9.17, 15) is 0 Å². The highest BCUT2D eigenvalue weighted by molar-refractivity contribution is 5.93. The summed E-state index contributed by atoms with van der Waals surface area (Å²) < 4.78 is 5.18. The lowest BCUT2D eigenvalue weighted by Crippen LogP contribution is -2.38. The van der Waals surface area contributed by atoms with Gasteiger partial charge < -0.3 is 15.4 Å². The Kier molecular flexibility index (Phi) is 6.38. The average Bonchev–Trinajstić information content (AvgIpc) is 2.42. The fourth-order valence-electron chi connectivity index (χ4n) is 2.18. The number of hydrogen-bond acceptors (Lipinski definition) is 5. The van der Waals surface area contributed by atoms with Gasteiger partial charge >= 0.3 is 0 Å². The normalized spacial score (nSPS) is 10.8. The summed E-state index contributed by atoms with van der Waals surface area (Å²) in [5.74, 6) is 0.592. The number of rotatable bonds is 8. The van der Waals surface area contributed by atoms with Gasteiger partial charge in [-0.25, -0.2) is 9.97 Å². The Bertz CT molecular complexity index is 445. The lowest BCUT2D eigenvalue weighted by molar-refractivity contribution is 0.202. The third kappa shape index (κ3) is 4.16. The summed E-state index contributed by atoms with van der Waals surface area (Å²) in [6.07, 6.45) is 2.01. The number of hydrogen-bond donors (Lipinski definition) is 2. The molecule has 0 bridgehead atoms. The van der Waals surface area contributed by atoms with Crippen molar-refractivity contribution in [2.24, 2.45) is 5.73 Å². The van der Waals surface area contributed by atoms with Crippen LogP contribution in [-0.2, 0) is 4.74 Å². The number of aryl methyl sites for hydroxylation is 1. The van der Waals surface area contributed by atoms with E-state index >= 15 is 0 Å². The van der Waals surface area contributed by atoms with Crippen molar-refractivity contribution in [1.82, 2.24) is 9.97 Å². The average molecular weight is 279 g/mol. The van der Waals surface area contributed by atoms with E-state index in [0.29, 0.717) is 24.3 Å². The largest absolute Gasteiger partial charge is 0.383 e. The molecule has 1 aromatic rings. The van der Waals surface area contributed by atoms with Crippen LogP contribution in [0.3, 0.4) is 0 Å². The molecule has 0 aliphatic carbocycles.